The number of fused-ring (bicyclic) bond motifs is 1. The molecule has 0 fully saturated rings. The highest BCUT2D eigenvalue weighted by atomic mass is 15.3. The molecule has 0 radical (unpaired) electrons. The second-order valence-corrected chi connectivity index (χ2v) is 5.52. The van der Waals surface area contributed by atoms with Gasteiger partial charge in [-0.25, -0.2) is 0 Å². The zero-order valence-electron chi connectivity index (χ0n) is 11.7. The lowest BCUT2D eigenvalue weighted by Crippen LogP contribution is -2.33. The number of hydrogen-bond donors (Lipinski definition) is 1. The van der Waals surface area contributed by atoms with E-state index in [-0.39, 0.29) is 0 Å². The third-order valence-electron chi connectivity index (χ3n) is 3.32. The molecule has 0 aliphatic rings. The highest BCUT2D eigenvalue weighted by molar-refractivity contribution is 5.78. The van der Waals surface area contributed by atoms with Crippen LogP contribution in [0.3, 0.4) is 0 Å². The first kappa shape index (κ1) is 13.1. The molecule has 3 nitrogen and oxygen atoms in total. The number of benzene rings is 1. The summed E-state index contributed by atoms with van der Waals surface area (Å²) in [6.07, 6.45) is 1.96. The maximum Gasteiger partial charge on any atom is 0.0686 e. The van der Waals surface area contributed by atoms with E-state index in [2.05, 4.69) is 67.1 Å². The van der Waals surface area contributed by atoms with Gasteiger partial charge in [0.15, 0.2) is 0 Å². The van der Waals surface area contributed by atoms with Crippen LogP contribution in [0.1, 0.15) is 33.7 Å². The smallest absolute Gasteiger partial charge is 0.0686 e. The summed E-state index contributed by atoms with van der Waals surface area (Å²) in [6, 6.07) is 9.30. The highest BCUT2D eigenvalue weighted by Gasteiger charge is 2.18. The molecule has 18 heavy (non-hydrogen) atoms. The largest absolute Gasteiger partial charge is 0.312 e. The van der Waals surface area contributed by atoms with E-state index in [1.807, 2.05) is 6.20 Å². The van der Waals surface area contributed by atoms with Crippen LogP contribution in [0.5, 0.6) is 0 Å². The van der Waals surface area contributed by atoms with Crippen molar-refractivity contribution in [2.24, 2.45) is 5.92 Å². The molecule has 0 bridgehead atoms. The van der Waals surface area contributed by atoms with Gasteiger partial charge in [-0.2, -0.15) is 5.10 Å². The molecule has 98 valence electrons. The van der Waals surface area contributed by atoms with Crippen LogP contribution < -0.4 is 5.32 Å². The molecular formula is C15H23N3. The van der Waals surface area contributed by atoms with Crippen LogP contribution in [0.2, 0.25) is 0 Å². The van der Waals surface area contributed by atoms with Crippen molar-refractivity contribution >= 4 is 10.9 Å². The Labute approximate surface area is 109 Å². The van der Waals surface area contributed by atoms with E-state index in [0.717, 1.165) is 6.54 Å². The summed E-state index contributed by atoms with van der Waals surface area (Å²) in [5, 5.41) is 9.31. The summed E-state index contributed by atoms with van der Waals surface area (Å²) in [4.78, 5) is 0. The number of nitrogens with one attached hydrogen (secondary N) is 1. The predicted molar refractivity (Wildman–Crippen MR) is 76.7 cm³/mol. The number of rotatable bonds is 5. The maximum atomic E-state index is 4.57. The molecule has 0 amide bonds. The summed E-state index contributed by atoms with van der Waals surface area (Å²) in [5.41, 5.74) is 1.22. The zero-order chi connectivity index (χ0) is 13.1. The Kier molecular flexibility index (Phi) is 4.02. The van der Waals surface area contributed by atoms with E-state index in [9.17, 15) is 0 Å². The van der Waals surface area contributed by atoms with Crippen molar-refractivity contribution < 1.29 is 0 Å². The van der Waals surface area contributed by atoms with Gasteiger partial charge >= 0.3 is 0 Å². The standard InChI is InChI=1S/C15H23N3/c1-11(2)15(10-16-12(3)4)18-14-8-6-5-7-13(14)9-17-18/h5-9,11-12,15-16H,10H2,1-4H3. The SMILES string of the molecule is CC(C)NCC(C(C)C)n1ncc2ccccc21. The van der Waals surface area contributed by atoms with Crippen LogP contribution in [-0.4, -0.2) is 22.4 Å². The summed E-state index contributed by atoms with van der Waals surface area (Å²) in [7, 11) is 0. The monoisotopic (exact) mass is 245 g/mol. The topological polar surface area (TPSA) is 29.9 Å². The first-order valence-corrected chi connectivity index (χ1v) is 6.75. The highest BCUT2D eigenvalue weighted by Crippen LogP contribution is 2.22. The van der Waals surface area contributed by atoms with Gasteiger partial charge in [0.05, 0.1) is 17.8 Å². The molecule has 1 heterocycles. The lowest BCUT2D eigenvalue weighted by atomic mass is 10.0. The van der Waals surface area contributed by atoms with Gasteiger partial charge in [-0.05, 0) is 12.0 Å². The van der Waals surface area contributed by atoms with Crippen molar-refractivity contribution in [3.63, 3.8) is 0 Å². The third kappa shape index (κ3) is 2.72. The van der Waals surface area contributed by atoms with Crippen LogP contribution in [0.25, 0.3) is 10.9 Å². The summed E-state index contributed by atoms with van der Waals surface area (Å²) >= 11 is 0. The molecule has 1 N–H and O–H groups in total. The van der Waals surface area contributed by atoms with Crippen LogP contribution in [0, 0.1) is 5.92 Å². The van der Waals surface area contributed by atoms with Gasteiger partial charge < -0.3 is 5.32 Å². The third-order valence-corrected chi connectivity index (χ3v) is 3.32. The van der Waals surface area contributed by atoms with E-state index < -0.39 is 0 Å². The Balaban J connectivity index is 2.30. The van der Waals surface area contributed by atoms with Crippen molar-refractivity contribution in [2.75, 3.05) is 6.54 Å². The van der Waals surface area contributed by atoms with Crippen molar-refractivity contribution in [1.82, 2.24) is 15.1 Å². The minimum atomic E-state index is 0.396. The Morgan fingerprint density at radius 3 is 2.56 bits per heavy atom. The molecule has 3 heteroatoms. The lowest BCUT2D eigenvalue weighted by molar-refractivity contribution is 0.329. The normalized spacial score (nSPS) is 13.7. The second kappa shape index (κ2) is 5.53. The van der Waals surface area contributed by atoms with E-state index >= 15 is 0 Å². The molecule has 2 aromatic rings. The molecule has 0 aliphatic carbocycles. The number of para-hydroxylation sites is 1. The van der Waals surface area contributed by atoms with Crippen LogP contribution in [0.15, 0.2) is 30.5 Å². The quantitative estimate of drug-likeness (QED) is 0.876. The molecule has 1 atom stereocenters. The maximum absolute atomic E-state index is 4.57. The number of hydrogen-bond acceptors (Lipinski definition) is 2. The Hall–Kier alpha value is -1.35. The van der Waals surface area contributed by atoms with Gasteiger partial charge in [-0.15, -0.1) is 0 Å². The van der Waals surface area contributed by atoms with Gasteiger partial charge in [-0.3, -0.25) is 4.68 Å². The van der Waals surface area contributed by atoms with E-state index in [0.29, 0.717) is 18.0 Å². The summed E-state index contributed by atoms with van der Waals surface area (Å²) in [5.74, 6) is 0.555. The molecule has 0 saturated carbocycles. The lowest BCUT2D eigenvalue weighted by Gasteiger charge is -2.24. The first-order valence-electron chi connectivity index (χ1n) is 6.75. The Bertz CT molecular complexity index is 499. The summed E-state index contributed by atoms with van der Waals surface area (Å²) < 4.78 is 2.16. The number of nitrogens with zero attached hydrogens (tertiary/aromatic N) is 2. The average Bonchev–Trinajstić information content (AvgIpc) is 2.73. The average molecular weight is 245 g/mol. The fourth-order valence-electron chi connectivity index (χ4n) is 2.22. The van der Waals surface area contributed by atoms with Gasteiger partial charge in [-0.1, -0.05) is 45.9 Å². The molecular weight excluding hydrogens is 222 g/mol. The van der Waals surface area contributed by atoms with Crippen molar-refractivity contribution in [2.45, 2.75) is 39.8 Å². The van der Waals surface area contributed by atoms with Gasteiger partial charge in [0, 0.05) is 18.0 Å². The van der Waals surface area contributed by atoms with Gasteiger partial charge in [0.1, 0.15) is 0 Å². The van der Waals surface area contributed by atoms with E-state index in [1.54, 1.807) is 0 Å². The second-order valence-electron chi connectivity index (χ2n) is 5.52. The Morgan fingerprint density at radius 2 is 1.89 bits per heavy atom. The zero-order valence-corrected chi connectivity index (χ0v) is 11.7. The fraction of sp³-hybridized carbons (Fsp3) is 0.533. The minimum absolute atomic E-state index is 0.396. The van der Waals surface area contributed by atoms with Crippen molar-refractivity contribution in [1.29, 1.82) is 0 Å². The van der Waals surface area contributed by atoms with Crippen molar-refractivity contribution in [3.05, 3.63) is 30.5 Å². The minimum Gasteiger partial charge on any atom is -0.312 e. The predicted octanol–water partition coefficient (Wildman–Crippen LogP) is 3.23. The van der Waals surface area contributed by atoms with Gasteiger partial charge in [0.2, 0.25) is 0 Å². The summed E-state index contributed by atoms with van der Waals surface area (Å²) in [6.45, 7) is 9.82. The molecule has 0 saturated heterocycles. The van der Waals surface area contributed by atoms with Crippen molar-refractivity contribution in [3.8, 4) is 0 Å². The molecule has 1 aromatic carbocycles. The van der Waals surface area contributed by atoms with Crippen LogP contribution in [-0.2, 0) is 0 Å². The van der Waals surface area contributed by atoms with Crippen LogP contribution >= 0.6 is 0 Å². The van der Waals surface area contributed by atoms with Crippen LogP contribution in [0.4, 0.5) is 0 Å². The molecule has 0 spiro atoms. The molecule has 1 aromatic heterocycles. The Morgan fingerprint density at radius 1 is 1.17 bits per heavy atom. The van der Waals surface area contributed by atoms with E-state index in [4.69, 9.17) is 0 Å². The number of aromatic nitrogens is 2. The molecule has 2 rings (SSSR count). The van der Waals surface area contributed by atoms with Gasteiger partial charge in [0.25, 0.3) is 0 Å². The fourth-order valence-corrected chi connectivity index (χ4v) is 2.22. The first-order chi connectivity index (χ1) is 8.59. The molecule has 0 aliphatic heterocycles. The van der Waals surface area contributed by atoms with E-state index in [1.165, 1.54) is 10.9 Å². The molecule has 1 unspecified atom stereocenters.